The summed E-state index contributed by atoms with van der Waals surface area (Å²) in [5.74, 6) is -0.0684. The van der Waals surface area contributed by atoms with Crippen molar-refractivity contribution in [2.75, 3.05) is 26.2 Å². The van der Waals surface area contributed by atoms with Crippen LogP contribution in [0.3, 0.4) is 0 Å². The third kappa shape index (κ3) is 3.94. The van der Waals surface area contributed by atoms with Gasteiger partial charge in [0.1, 0.15) is 22.2 Å². The van der Waals surface area contributed by atoms with E-state index in [9.17, 15) is 9.90 Å². The quantitative estimate of drug-likeness (QED) is 0.831. The number of benzene rings is 1. The van der Waals surface area contributed by atoms with Gasteiger partial charge in [0, 0.05) is 12.1 Å². The van der Waals surface area contributed by atoms with Crippen LogP contribution in [0.1, 0.15) is 35.1 Å². The first-order valence-electron chi connectivity index (χ1n) is 8.36. The summed E-state index contributed by atoms with van der Waals surface area (Å²) in [5.41, 5.74) is 1.57. The normalized spacial score (nSPS) is 14.9. The smallest absolute Gasteiger partial charge is 0.347 e. The number of thiazole rings is 1. The number of rotatable bonds is 7. The van der Waals surface area contributed by atoms with Crippen LogP contribution in [0.25, 0.3) is 10.6 Å². The van der Waals surface area contributed by atoms with Crippen molar-refractivity contribution in [3.63, 3.8) is 0 Å². The monoisotopic (exact) mass is 346 g/mol. The van der Waals surface area contributed by atoms with Crippen LogP contribution >= 0.6 is 11.3 Å². The Kier molecular flexibility index (Phi) is 5.48. The molecule has 1 N–H and O–H groups in total. The average Bonchev–Trinajstić information content (AvgIpc) is 3.25. The second kappa shape index (κ2) is 7.77. The molecule has 6 heteroatoms. The van der Waals surface area contributed by atoms with Crippen molar-refractivity contribution in [2.24, 2.45) is 0 Å². The number of nitrogens with zero attached hydrogens (tertiary/aromatic N) is 2. The molecule has 0 atom stereocenters. The Morgan fingerprint density at radius 2 is 2.00 bits per heavy atom. The first-order chi connectivity index (χ1) is 11.7. The molecule has 5 nitrogen and oxygen atoms in total. The van der Waals surface area contributed by atoms with E-state index in [0.29, 0.717) is 23.6 Å². The molecule has 24 heavy (non-hydrogen) atoms. The summed E-state index contributed by atoms with van der Waals surface area (Å²) in [6.45, 7) is 5.94. The minimum Gasteiger partial charge on any atom is -0.492 e. The number of ether oxygens (including phenoxy) is 1. The zero-order valence-corrected chi connectivity index (χ0v) is 14.6. The molecule has 1 aromatic carbocycles. The molecule has 0 aliphatic carbocycles. The summed E-state index contributed by atoms with van der Waals surface area (Å²) in [6.07, 6.45) is 3.21. The molecule has 1 aromatic heterocycles. The molecular formula is C18H22N2O3S. The van der Waals surface area contributed by atoms with Crippen LogP contribution in [0.5, 0.6) is 5.75 Å². The number of aryl methyl sites for hydroxylation is 1. The van der Waals surface area contributed by atoms with Crippen LogP contribution in [0.4, 0.5) is 0 Å². The molecular weight excluding hydrogens is 324 g/mol. The summed E-state index contributed by atoms with van der Waals surface area (Å²) in [6, 6.07) is 7.73. The van der Waals surface area contributed by atoms with Crippen molar-refractivity contribution in [2.45, 2.75) is 26.2 Å². The van der Waals surface area contributed by atoms with Crippen LogP contribution in [-0.2, 0) is 6.42 Å². The van der Waals surface area contributed by atoms with E-state index in [1.54, 1.807) is 0 Å². The third-order valence-corrected chi connectivity index (χ3v) is 5.34. The summed E-state index contributed by atoms with van der Waals surface area (Å²) >= 11 is 1.23. The van der Waals surface area contributed by atoms with Crippen LogP contribution in [0.2, 0.25) is 0 Å². The van der Waals surface area contributed by atoms with Gasteiger partial charge in [-0.15, -0.1) is 11.3 Å². The van der Waals surface area contributed by atoms with Gasteiger partial charge in [-0.05, 0) is 56.6 Å². The fourth-order valence-electron chi connectivity index (χ4n) is 2.87. The van der Waals surface area contributed by atoms with E-state index >= 15 is 0 Å². The van der Waals surface area contributed by atoms with Crippen molar-refractivity contribution in [1.82, 2.24) is 9.88 Å². The molecule has 1 aliphatic heterocycles. The topological polar surface area (TPSA) is 62.7 Å². The van der Waals surface area contributed by atoms with E-state index in [1.807, 2.05) is 31.2 Å². The van der Waals surface area contributed by atoms with Gasteiger partial charge in [-0.2, -0.15) is 0 Å². The lowest BCUT2D eigenvalue weighted by atomic mass is 10.2. The van der Waals surface area contributed by atoms with Gasteiger partial charge < -0.3 is 9.84 Å². The second-order valence-corrected chi connectivity index (χ2v) is 6.87. The highest BCUT2D eigenvalue weighted by atomic mass is 32.1. The zero-order chi connectivity index (χ0) is 16.9. The number of carboxylic acids is 1. The SMILES string of the molecule is CCc1nc(-c2ccc(OCCN3CCCC3)cc2)sc1C(=O)O. The Balaban J connectivity index is 1.62. The molecule has 128 valence electrons. The molecule has 0 unspecified atom stereocenters. The van der Waals surface area contributed by atoms with Crippen LogP contribution in [-0.4, -0.2) is 47.2 Å². The molecule has 2 heterocycles. The molecule has 1 saturated heterocycles. The Hall–Kier alpha value is -1.92. The van der Waals surface area contributed by atoms with Crippen molar-refractivity contribution in [3.05, 3.63) is 34.8 Å². The van der Waals surface area contributed by atoms with E-state index in [1.165, 1.54) is 37.3 Å². The Labute approximate surface area is 145 Å². The highest BCUT2D eigenvalue weighted by molar-refractivity contribution is 7.17. The van der Waals surface area contributed by atoms with Gasteiger partial charge in [0.2, 0.25) is 0 Å². The Morgan fingerprint density at radius 1 is 1.29 bits per heavy atom. The number of likely N-dealkylation sites (tertiary alicyclic amines) is 1. The molecule has 0 amide bonds. The maximum Gasteiger partial charge on any atom is 0.347 e. The Bertz CT molecular complexity index is 691. The summed E-state index contributed by atoms with van der Waals surface area (Å²) in [4.78, 5) is 18.5. The lowest BCUT2D eigenvalue weighted by Crippen LogP contribution is -2.25. The van der Waals surface area contributed by atoms with E-state index < -0.39 is 5.97 Å². The maximum atomic E-state index is 11.3. The number of carbonyl (C=O) groups is 1. The van der Waals surface area contributed by atoms with E-state index in [4.69, 9.17) is 4.74 Å². The molecule has 1 fully saturated rings. The predicted molar refractivity (Wildman–Crippen MR) is 95.1 cm³/mol. The van der Waals surface area contributed by atoms with Gasteiger partial charge in [-0.3, -0.25) is 4.90 Å². The van der Waals surface area contributed by atoms with Gasteiger partial charge >= 0.3 is 5.97 Å². The molecule has 0 saturated carbocycles. The fraction of sp³-hybridized carbons (Fsp3) is 0.444. The van der Waals surface area contributed by atoms with Crippen LogP contribution in [0.15, 0.2) is 24.3 Å². The fourth-order valence-corrected chi connectivity index (χ4v) is 3.87. The molecule has 0 spiro atoms. The van der Waals surface area contributed by atoms with Gasteiger partial charge in [-0.25, -0.2) is 9.78 Å². The number of hydrogen-bond donors (Lipinski definition) is 1. The molecule has 1 aliphatic rings. The summed E-state index contributed by atoms with van der Waals surface area (Å²) in [5, 5.41) is 9.98. The second-order valence-electron chi connectivity index (χ2n) is 5.88. The molecule has 2 aromatic rings. The third-order valence-electron chi connectivity index (χ3n) is 4.20. The number of aromatic nitrogens is 1. The number of hydrogen-bond acceptors (Lipinski definition) is 5. The van der Waals surface area contributed by atoms with Crippen LogP contribution in [0, 0.1) is 0 Å². The Morgan fingerprint density at radius 3 is 2.58 bits per heavy atom. The summed E-state index contributed by atoms with van der Waals surface area (Å²) in [7, 11) is 0. The van der Waals surface area contributed by atoms with Gasteiger partial charge in [0.15, 0.2) is 0 Å². The first-order valence-corrected chi connectivity index (χ1v) is 9.17. The summed E-state index contributed by atoms with van der Waals surface area (Å²) < 4.78 is 5.79. The van der Waals surface area contributed by atoms with E-state index in [0.717, 1.165) is 22.9 Å². The first kappa shape index (κ1) is 16.9. The van der Waals surface area contributed by atoms with Crippen molar-refractivity contribution >= 4 is 17.3 Å². The zero-order valence-electron chi connectivity index (χ0n) is 13.8. The minimum absolute atomic E-state index is 0.332. The number of aromatic carboxylic acids is 1. The molecule has 3 rings (SSSR count). The van der Waals surface area contributed by atoms with Crippen molar-refractivity contribution in [1.29, 1.82) is 0 Å². The van der Waals surface area contributed by atoms with Crippen molar-refractivity contribution < 1.29 is 14.6 Å². The van der Waals surface area contributed by atoms with Crippen molar-refractivity contribution in [3.8, 4) is 16.3 Å². The van der Waals surface area contributed by atoms with Gasteiger partial charge in [-0.1, -0.05) is 6.92 Å². The lowest BCUT2D eigenvalue weighted by Gasteiger charge is -2.14. The predicted octanol–water partition coefficient (Wildman–Crippen LogP) is 3.55. The van der Waals surface area contributed by atoms with Crippen LogP contribution < -0.4 is 4.74 Å². The van der Waals surface area contributed by atoms with Gasteiger partial charge in [0.05, 0.1) is 5.69 Å². The van der Waals surface area contributed by atoms with E-state index in [2.05, 4.69) is 9.88 Å². The van der Waals surface area contributed by atoms with Gasteiger partial charge in [0.25, 0.3) is 0 Å². The standard InChI is InChI=1S/C18H22N2O3S/c1-2-15-16(18(21)22)24-17(19-15)13-5-7-14(8-6-13)23-12-11-20-9-3-4-10-20/h5-8H,2-4,9-12H2,1H3,(H,21,22). The highest BCUT2D eigenvalue weighted by Gasteiger charge is 2.17. The maximum absolute atomic E-state index is 11.3. The molecule has 0 bridgehead atoms. The molecule has 0 radical (unpaired) electrons. The average molecular weight is 346 g/mol. The van der Waals surface area contributed by atoms with E-state index in [-0.39, 0.29) is 0 Å². The largest absolute Gasteiger partial charge is 0.492 e. The highest BCUT2D eigenvalue weighted by Crippen LogP contribution is 2.29. The number of carboxylic acid groups (broad SMARTS) is 1. The minimum atomic E-state index is -0.905. The lowest BCUT2D eigenvalue weighted by molar-refractivity contribution is 0.0701.